The van der Waals surface area contributed by atoms with Crippen molar-refractivity contribution >= 4 is 29.0 Å². The number of hydrogen-bond acceptors (Lipinski definition) is 4. The summed E-state index contributed by atoms with van der Waals surface area (Å²) in [4.78, 5) is 18.0. The molecule has 84 valence electrons. The topological polar surface area (TPSA) is 54.5 Å². The van der Waals surface area contributed by atoms with E-state index in [-0.39, 0.29) is 11.9 Å². The molecule has 0 bridgehead atoms. The predicted octanol–water partition coefficient (Wildman–Crippen LogP) is 0.892. The number of fused-ring (bicyclic) bond motifs is 3. The molecule has 0 aromatic carbocycles. The van der Waals surface area contributed by atoms with E-state index in [4.69, 9.17) is 16.3 Å². The number of morpholine rings is 1. The van der Waals surface area contributed by atoms with Crippen molar-refractivity contribution in [3.63, 3.8) is 0 Å². The van der Waals surface area contributed by atoms with E-state index in [1.165, 1.54) is 0 Å². The van der Waals surface area contributed by atoms with Crippen molar-refractivity contribution in [2.24, 2.45) is 0 Å². The lowest BCUT2D eigenvalue weighted by Crippen LogP contribution is -2.55. The molecule has 0 aliphatic carbocycles. The summed E-state index contributed by atoms with van der Waals surface area (Å²) < 4.78 is 5.29. The number of pyridine rings is 1. The summed E-state index contributed by atoms with van der Waals surface area (Å²) in [5, 5.41) is 3.31. The fraction of sp³-hybridized carbons (Fsp3) is 0.400. The van der Waals surface area contributed by atoms with Gasteiger partial charge in [-0.3, -0.25) is 4.79 Å². The summed E-state index contributed by atoms with van der Waals surface area (Å²) in [7, 11) is 0. The number of rotatable bonds is 0. The van der Waals surface area contributed by atoms with Gasteiger partial charge in [-0.05, 0) is 6.07 Å². The molecule has 1 fully saturated rings. The molecule has 2 aliphatic heterocycles. The summed E-state index contributed by atoms with van der Waals surface area (Å²) in [5.41, 5.74) is 0.677. The van der Waals surface area contributed by atoms with Gasteiger partial charge < -0.3 is 15.0 Å². The quantitative estimate of drug-likeness (QED) is 0.731. The molecular formula is C10H10ClN3O2. The molecule has 1 aromatic rings. The highest BCUT2D eigenvalue weighted by Crippen LogP contribution is 2.32. The van der Waals surface area contributed by atoms with Gasteiger partial charge in [0.1, 0.15) is 6.04 Å². The van der Waals surface area contributed by atoms with Crippen molar-refractivity contribution in [1.29, 1.82) is 0 Å². The summed E-state index contributed by atoms with van der Waals surface area (Å²) in [6, 6.07) is 1.45. The van der Waals surface area contributed by atoms with Crippen LogP contribution in [0.5, 0.6) is 0 Å². The maximum atomic E-state index is 11.8. The van der Waals surface area contributed by atoms with Gasteiger partial charge in [-0.25, -0.2) is 4.98 Å². The minimum absolute atomic E-state index is 0.0590. The molecule has 5 nitrogen and oxygen atoms in total. The van der Waals surface area contributed by atoms with Gasteiger partial charge >= 0.3 is 0 Å². The molecule has 3 rings (SSSR count). The molecule has 0 spiro atoms. The number of nitrogens with zero attached hydrogens (tertiary/aromatic N) is 2. The van der Waals surface area contributed by atoms with Gasteiger partial charge in [0.05, 0.1) is 23.9 Å². The molecule has 1 N–H and O–H groups in total. The SMILES string of the molecule is O=C1Nc2cc(Cl)cnc2N2CCOCC12. The average Bonchev–Trinajstić information content (AvgIpc) is 2.29. The minimum Gasteiger partial charge on any atom is -0.377 e. The summed E-state index contributed by atoms with van der Waals surface area (Å²) in [6.45, 7) is 1.71. The highest BCUT2D eigenvalue weighted by molar-refractivity contribution is 6.31. The molecule has 2 aliphatic rings. The highest BCUT2D eigenvalue weighted by Gasteiger charge is 2.36. The number of aromatic nitrogens is 1. The lowest BCUT2D eigenvalue weighted by Gasteiger charge is -2.39. The first-order chi connectivity index (χ1) is 7.75. The van der Waals surface area contributed by atoms with Crippen molar-refractivity contribution in [2.45, 2.75) is 6.04 Å². The molecule has 0 radical (unpaired) electrons. The van der Waals surface area contributed by atoms with Crippen LogP contribution in [-0.4, -0.2) is 36.7 Å². The van der Waals surface area contributed by atoms with E-state index in [9.17, 15) is 4.79 Å². The Hall–Kier alpha value is -1.33. The summed E-state index contributed by atoms with van der Waals surface area (Å²) in [6.07, 6.45) is 1.59. The zero-order valence-corrected chi connectivity index (χ0v) is 9.20. The lowest BCUT2D eigenvalue weighted by molar-refractivity contribution is -0.120. The Morgan fingerprint density at radius 1 is 1.62 bits per heavy atom. The Labute approximate surface area is 97.4 Å². The summed E-state index contributed by atoms with van der Waals surface area (Å²) >= 11 is 5.84. The molecule has 3 heterocycles. The maximum absolute atomic E-state index is 11.8. The van der Waals surface area contributed by atoms with Crippen molar-refractivity contribution in [2.75, 3.05) is 30.0 Å². The average molecular weight is 240 g/mol. The fourth-order valence-electron chi connectivity index (χ4n) is 2.04. The van der Waals surface area contributed by atoms with Gasteiger partial charge in [0, 0.05) is 12.7 Å². The van der Waals surface area contributed by atoms with Crippen molar-refractivity contribution in [3.8, 4) is 0 Å². The van der Waals surface area contributed by atoms with Gasteiger partial charge in [0.15, 0.2) is 5.82 Å². The van der Waals surface area contributed by atoms with Gasteiger partial charge in [-0.15, -0.1) is 0 Å². The molecule has 1 atom stereocenters. The Morgan fingerprint density at radius 3 is 3.38 bits per heavy atom. The maximum Gasteiger partial charge on any atom is 0.249 e. The van der Waals surface area contributed by atoms with Gasteiger partial charge in [-0.1, -0.05) is 11.6 Å². The van der Waals surface area contributed by atoms with Crippen LogP contribution in [0.15, 0.2) is 12.3 Å². The van der Waals surface area contributed by atoms with Crippen LogP contribution >= 0.6 is 11.6 Å². The van der Waals surface area contributed by atoms with Crippen LogP contribution in [0, 0.1) is 0 Å². The second kappa shape index (κ2) is 3.61. The van der Waals surface area contributed by atoms with Crippen LogP contribution in [0.4, 0.5) is 11.5 Å². The molecule has 1 aromatic heterocycles. The van der Waals surface area contributed by atoms with Crippen LogP contribution in [0.3, 0.4) is 0 Å². The van der Waals surface area contributed by atoms with E-state index in [0.717, 1.165) is 5.82 Å². The largest absolute Gasteiger partial charge is 0.377 e. The van der Waals surface area contributed by atoms with Crippen molar-refractivity contribution < 1.29 is 9.53 Å². The van der Waals surface area contributed by atoms with Crippen molar-refractivity contribution in [1.82, 2.24) is 4.98 Å². The number of anilines is 2. The molecular weight excluding hydrogens is 230 g/mol. The summed E-state index contributed by atoms with van der Waals surface area (Å²) in [5.74, 6) is 0.716. The highest BCUT2D eigenvalue weighted by atomic mass is 35.5. The molecule has 1 unspecified atom stereocenters. The normalized spacial score (nSPS) is 23.4. The van der Waals surface area contributed by atoms with Gasteiger partial charge in [0.25, 0.3) is 0 Å². The van der Waals surface area contributed by atoms with E-state index in [0.29, 0.717) is 30.5 Å². The number of nitrogens with one attached hydrogen (secondary N) is 1. The molecule has 0 saturated carbocycles. The predicted molar refractivity (Wildman–Crippen MR) is 59.8 cm³/mol. The fourth-order valence-corrected chi connectivity index (χ4v) is 2.20. The third-order valence-electron chi connectivity index (χ3n) is 2.79. The third kappa shape index (κ3) is 1.44. The number of hydrogen-bond donors (Lipinski definition) is 1. The number of amides is 1. The Balaban J connectivity index is 2.06. The minimum atomic E-state index is -0.269. The first kappa shape index (κ1) is 9.86. The van der Waals surface area contributed by atoms with Gasteiger partial charge in [0.2, 0.25) is 5.91 Å². The van der Waals surface area contributed by atoms with E-state index < -0.39 is 0 Å². The zero-order chi connectivity index (χ0) is 11.1. The van der Waals surface area contributed by atoms with Crippen LogP contribution in [0.2, 0.25) is 5.02 Å². The number of carbonyl (C=O) groups excluding carboxylic acids is 1. The third-order valence-corrected chi connectivity index (χ3v) is 3.00. The molecule has 1 saturated heterocycles. The van der Waals surface area contributed by atoms with E-state index in [1.54, 1.807) is 12.3 Å². The van der Waals surface area contributed by atoms with E-state index >= 15 is 0 Å². The monoisotopic (exact) mass is 239 g/mol. The lowest BCUT2D eigenvalue weighted by atomic mass is 10.1. The van der Waals surface area contributed by atoms with E-state index in [1.807, 2.05) is 4.90 Å². The standard InChI is InChI=1S/C10H10ClN3O2/c11-6-3-7-9(12-4-6)14-1-2-16-5-8(14)10(15)13-7/h3-4,8H,1-2,5H2,(H,13,15). The van der Waals surface area contributed by atoms with Crippen LogP contribution in [-0.2, 0) is 9.53 Å². The first-order valence-corrected chi connectivity index (χ1v) is 5.44. The second-order valence-corrected chi connectivity index (χ2v) is 4.23. The molecule has 1 amide bonds. The van der Waals surface area contributed by atoms with Gasteiger partial charge in [-0.2, -0.15) is 0 Å². The van der Waals surface area contributed by atoms with Crippen LogP contribution in [0.1, 0.15) is 0 Å². The Morgan fingerprint density at radius 2 is 2.50 bits per heavy atom. The molecule has 16 heavy (non-hydrogen) atoms. The smallest absolute Gasteiger partial charge is 0.249 e. The van der Waals surface area contributed by atoms with Crippen LogP contribution < -0.4 is 10.2 Å². The second-order valence-electron chi connectivity index (χ2n) is 3.80. The van der Waals surface area contributed by atoms with Crippen molar-refractivity contribution in [3.05, 3.63) is 17.3 Å². The zero-order valence-electron chi connectivity index (χ0n) is 8.44. The first-order valence-electron chi connectivity index (χ1n) is 5.06. The Bertz CT molecular complexity index is 452. The van der Waals surface area contributed by atoms with E-state index in [2.05, 4.69) is 10.3 Å². The van der Waals surface area contributed by atoms with Crippen LogP contribution in [0.25, 0.3) is 0 Å². The number of ether oxygens (including phenoxy) is 1. The number of carbonyl (C=O) groups is 1. The Kier molecular flexibility index (Phi) is 2.22. The number of halogens is 1. The molecule has 6 heteroatoms.